The second-order valence-electron chi connectivity index (χ2n) is 10.7. The lowest BCUT2D eigenvalue weighted by molar-refractivity contribution is -0.140. The van der Waals surface area contributed by atoms with Gasteiger partial charge in [0.2, 0.25) is 11.8 Å². The van der Waals surface area contributed by atoms with E-state index in [2.05, 4.69) is 5.32 Å². The van der Waals surface area contributed by atoms with Gasteiger partial charge in [0.05, 0.1) is 10.6 Å². The van der Waals surface area contributed by atoms with Gasteiger partial charge < -0.3 is 10.2 Å². The summed E-state index contributed by atoms with van der Waals surface area (Å²) in [5, 5.41) is 3.48. The Labute approximate surface area is 259 Å². The second-order valence-corrected chi connectivity index (χ2v) is 13.0. The van der Waals surface area contributed by atoms with Crippen molar-refractivity contribution in [3.05, 3.63) is 131 Å². The lowest BCUT2D eigenvalue weighted by Gasteiger charge is -2.34. The predicted octanol–water partition coefficient (Wildman–Crippen LogP) is 5.95. The number of sulfonamides is 1. The molecular formula is C34H36ClN3O4S. The molecule has 0 saturated heterocycles. The van der Waals surface area contributed by atoms with Crippen LogP contribution in [0.3, 0.4) is 0 Å². The molecule has 0 unspecified atom stereocenters. The lowest BCUT2D eigenvalue weighted by atomic mass is 10.0. The highest BCUT2D eigenvalue weighted by Gasteiger charge is 2.34. The maximum Gasteiger partial charge on any atom is 0.264 e. The summed E-state index contributed by atoms with van der Waals surface area (Å²) in [5.74, 6) is -0.642. The Bertz CT molecular complexity index is 1600. The number of rotatable bonds is 13. The van der Waals surface area contributed by atoms with Crippen LogP contribution in [0.5, 0.6) is 0 Å². The third-order valence-corrected chi connectivity index (χ3v) is 8.88. The Morgan fingerprint density at radius 1 is 0.791 bits per heavy atom. The standard InChI is InChI=1S/C34H36ClN3O4S/c1-26(2)23-36-34(40)32(22-27-13-6-3-7-14-27)37(24-28-15-12-16-29(35)21-28)33(39)25-38(30-17-8-4-9-18-30)43(41,42)31-19-10-5-11-20-31/h3-21,26,32H,22-25H2,1-2H3,(H,36,40)/t32-/m1/s1. The van der Waals surface area contributed by atoms with Crippen molar-refractivity contribution >= 4 is 39.1 Å². The molecule has 0 radical (unpaired) electrons. The van der Waals surface area contributed by atoms with E-state index >= 15 is 0 Å². The minimum atomic E-state index is -4.12. The van der Waals surface area contributed by atoms with Gasteiger partial charge in [-0.05, 0) is 53.4 Å². The highest BCUT2D eigenvalue weighted by atomic mass is 35.5. The van der Waals surface area contributed by atoms with Crippen LogP contribution in [0, 0.1) is 5.92 Å². The van der Waals surface area contributed by atoms with E-state index in [0.29, 0.717) is 22.8 Å². The number of anilines is 1. The normalized spacial score (nSPS) is 12.0. The van der Waals surface area contributed by atoms with Crippen molar-refractivity contribution in [1.82, 2.24) is 10.2 Å². The number of halogens is 1. The van der Waals surface area contributed by atoms with Gasteiger partial charge in [0.1, 0.15) is 12.6 Å². The molecule has 1 atom stereocenters. The molecule has 0 aromatic heterocycles. The fourth-order valence-corrected chi connectivity index (χ4v) is 6.30. The molecule has 224 valence electrons. The van der Waals surface area contributed by atoms with E-state index in [-0.39, 0.29) is 29.7 Å². The van der Waals surface area contributed by atoms with Crippen LogP contribution < -0.4 is 9.62 Å². The largest absolute Gasteiger partial charge is 0.354 e. The Balaban J connectivity index is 1.77. The molecule has 0 bridgehead atoms. The molecule has 0 saturated carbocycles. The summed E-state index contributed by atoms with van der Waals surface area (Å²) in [5.41, 5.74) is 1.92. The number of nitrogens with one attached hydrogen (secondary N) is 1. The fraction of sp³-hybridized carbons (Fsp3) is 0.235. The molecule has 43 heavy (non-hydrogen) atoms. The van der Waals surface area contributed by atoms with Crippen LogP contribution in [0.25, 0.3) is 0 Å². The van der Waals surface area contributed by atoms with Crippen molar-refractivity contribution < 1.29 is 18.0 Å². The van der Waals surface area contributed by atoms with Crippen molar-refractivity contribution in [1.29, 1.82) is 0 Å². The number of hydrogen-bond acceptors (Lipinski definition) is 4. The van der Waals surface area contributed by atoms with Crippen molar-refractivity contribution in [2.75, 3.05) is 17.4 Å². The first-order chi connectivity index (χ1) is 20.6. The van der Waals surface area contributed by atoms with Gasteiger partial charge in [-0.2, -0.15) is 0 Å². The zero-order chi connectivity index (χ0) is 30.8. The first-order valence-electron chi connectivity index (χ1n) is 14.1. The van der Waals surface area contributed by atoms with Gasteiger partial charge in [0.15, 0.2) is 0 Å². The van der Waals surface area contributed by atoms with E-state index in [9.17, 15) is 18.0 Å². The number of nitrogens with zero attached hydrogens (tertiary/aromatic N) is 2. The molecule has 4 aromatic carbocycles. The maximum atomic E-state index is 14.4. The molecule has 2 amide bonds. The minimum Gasteiger partial charge on any atom is -0.354 e. The summed E-state index contributed by atoms with van der Waals surface area (Å²) in [6.45, 7) is 3.97. The molecule has 9 heteroatoms. The molecule has 0 spiro atoms. The molecule has 4 rings (SSSR count). The van der Waals surface area contributed by atoms with Crippen molar-refractivity contribution in [3.63, 3.8) is 0 Å². The molecule has 0 fully saturated rings. The van der Waals surface area contributed by atoms with E-state index in [1.165, 1.54) is 17.0 Å². The molecule has 0 aliphatic heterocycles. The number of carbonyl (C=O) groups excluding carboxylic acids is 2. The maximum absolute atomic E-state index is 14.4. The van der Waals surface area contributed by atoms with Crippen LogP contribution >= 0.6 is 11.6 Å². The highest BCUT2D eigenvalue weighted by molar-refractivity contribution is 7.92. The average Bonchev–Trinajstić information content (AvgIpc) is 3.01. The number of amides is 2. The van der Waals surface area contributed by atoms with Gasteiger partial charge in [-0.1, -0.05) is 104 Å². The SMILES string of the molecule is CC(C)CNC(=O)[C@@H](Cc1ccccc1)N(Cc1cccc(Cl)c1)C(=O)CN(c1ccccc1)S(=O)(=O)c1ccccc1. The summed E-state index contributed by atoms with van der Waals surface area (Å²) >= 11 is 6.29. The van der Waals surface area contributed by atoms with Crippen LogP contribution in [-0.4, -0.2) is 44.3 Å². The van der Waals surface area contributed by atoms with Gasteiger partial charge in [0, 0.05) is 24.5 Å². The topological polar surface area (TPSA) is 86.8 Å². The summed E-state index contributed by atoms with van der Waals surface area (Å²) < 4.78 is 28.9. The average molecular weight is 618 g/mol. The molecule has 1 N–H and O–H groups in total. The fourth-order valence-electron chi connectivity index (χ4n) is 4.65. The highest BCUT2D eigenvalue weighted by Crippen LogP contribution is 2.25. The van der Waals surface area contributed by atoms with Crippen LogP contribution in [0.1, 0.15) is 25.0 Å². The van der Waals surface area contributed by atoms with E-state index in [0.717, 1.165) is 9.87 Å². The van der Waals surface area contributed by atoms with E-state index < -0.39 is 28.5 Å². The van der Waals surface area contributed by atoms with Gasteiger partial charge in [-0.25, -0.2) is 8.42 Å². The van der Waals surface area contributed by atoms with Crippen molar-refractivity contribution in [3.8, 4) is 0 Å². The second kappa shape index (κ2) is 14.8. The lowest BCUT2D eigenvalue weighted by Crippen LogP contribution is -2.53. The van der Waals surface area contributed by atoms with Gasteiger partial charge >= 0.3 is 0 Å². The summed E-state index contributed by atoms with van der Waals surface area (Å²) in [4.78, 5) is 29.7. The van der Waals surface area contributed by atoms with Gasteiger partial charge in [0.25, 0.3) is 10.0 Å². The zero-order valence-electron chi connectivity index (χ0n) is 24.3. The number of benzene rings is 4. The predicted molar refractivity (Wildman–Crippen MR) is 171 cm³/mol. The number of para-hydroxylation sites is 1. The molecular weight excluding hydrogens is 582 g/mol. The summed E-state index contributed by atoms with van der Waals surface area (Å²) in [7, 11) is -4.12. The Kier molecular flexibility index (Phi) is 11.0. The summed E-state index contributed by atoms with van der Waals surface area (Å²) in [6.07, 6.45) is 0.244. The zero-order valence-corrected chi connectivity index (χ0v) is 25.8. The van der Waals surface area contributed by atoms with Crippen LogP contribution in [0.2, 0.25) is 5.02 Å². The van der Waals surface area contributed by atoms with Gasteiger partial charge in [-0.3, -0.25) is 13.9 Å². The monoisotopic (exact) mass is 617 g/mol. The molecule has 0 aliphatic carbocycles. The quantitative estimate of drug-likeness (QED) is 0.201. The third kappa shape index (κ3) is 8.69. The summed E-state index contributed by atoms with van der Waals surface area (Å²) in [6, 6.07) is 32.1. The molecule has 0 heterocycles. The molecule has 4 aromatic rings. The smallest absolute Gasteiger partial charge is 0.264 e. The van der Waals surface area contributed by atoms with Crippen molar-refractivity contribution in [2.45, 2.75) is 37.8 Å². The Hall–Kier alpha value is -4.14. The first-order valence-corrected chi connectivity index (χ1v) is 16.0. The minimum absolute atomic E-state index is 0.0556. The van der Waals surface area contributed by atoms with Gasteiger partial charge in [-0.15, -0.1) is 0 Å². The van der Waals surface area contributed by atoms with E-state index in [4.69, 9.17) is 11.6 Å². The Morgan fingerprint density at radius 3 is 1.98 bits per heavy atom. The number of hydrogen-bond donors (Lipinski definition) is 1. The first kappa shape index (κ1) is 31.8. The van der Waals surface area contributed by atoms with E-state index in [1.807, 2.05) is 50.2 Å². The van der Waals surface area contributed by atoms with E-state index in [1.54, 1.807) is 66.7 Å². The van der Waals surface area contributed by atoms with Crippen LogP contribution in [-0.2, 0) is 32.6 Å². The Morgan fingerprint density at radius 2 is 1.37 bits per heavy atom. The van der Waals surface area contributed by atoms with Crippen LogP contribution in [0.4, 0.5) is 5.69 Å². The van der Waals surface area contributed by atoms with Crippen LogP contribution in [0.15, 0.2) is 120 Å². The molecule has 0 aliphatic rings. The molecule has 7 nitrogen and oxygen atoms in total. The number of carbonyl (C=O) groups is 2. The van der Waals surface area contributed by atoms with Crippen molar-refractivity contribution in [2.24, 2.45) is 5.92 Å². The third-order valence-electron chi connectivity index (χ3n) is 6.85.